The zero-order valence-corrected chi connectivity index (χ0v) is 15.0. The number of anilines is 1. The Morgan fingerprint density at radius 3 is 2.67 bits per heavy atom. The van der Waals surface area contributed by atoms with Crippen molar-refractivity contribution in [2.75, 3.05) is 19.0 Å². The lowest BCUT2D eigenvalue weighted by Crippen LogP contribution is -2.34. The number of methoxy groups -OCH3 is 1. The molecule has 9 nitrogen and oxygen atoms in total. The van der Waals surface area contributed by atoms with Crippen LogP contribution >= 0.6 is 0 Å². The lowest BCUT2D eigenvalue weighted by atomic mass is 9.82. The van der Waals surface area contributed by atoms with Crippen molar-refractivity contribution in [1.29, 1.82) is 0 Å². The van der Waals surface area contributed by atoms with Gasteiger partial charge in [0.2, 0.25) is 0 Å². The molecule has 1 unspecified atom stereocenters. The molecule has 1 atom stereocenters. The number of H-pyrrole nitrogens is 2. The smallest absolute Gasteiger partial charge is 0.336 e. The zero-order valence-electron chi connectivity index (χ0n) is 15.0. The summed E-state index contributed by atoms with van der Waals surface area (Å²) in [6.45, 7) is 3.74. The molecule has 1 aliphatic heterocycles. The number of aromatic hydroxyl groups is 1. The van der Waals surface area contributed by atoms with Crippen molar-refractivity contribution >= 4 is 11.8 Å². The van der Waals surface area contributed by atoms with Gasteiger partial charge in [-0.05, 0) is 31.5 Å². The highest BCUT2D eigenvalue weighted by Gasteiger charge is 2.36. The number of aromatic nitrogens is 2. The lowest BCUT2D eigenvalue weighted by molar-refractivity contribution is -0.136. The number of phenols is 1. The number of esters is 1. The standard InChI is InChI=1S/C18H19N3O6/c1-4-27-11-7-9(5-6-10(11)22)13-12(17(24)26-3)8(2)19-15-14(13)16(23)21-18(25)20-15/h5-7,13,22H,4H2,1-3H3,(H3,19,20,21,23,25). The number of allylic oxidation sites excluding steroid dienone is 1. The molecule has 0 spiro atoms. The third-order valence-corrected chi connectivity index (χ3v) is 4.30. The molecule has 0 bridgehead atoms. The molecule has 9 heteroatoms. The summed E-state index contributed by atoms with van der Waals surface area (Å²) >= 11 is 0. The van der Waals surface area contributed by atoms with E-state index in [4.69, 9.17) is 9.47 Å². The predicted octanol–water partition coefficient (Wildman–Crippen LogP) is 1.17. The van der Waals surface area contributed by atoms with Gasteiger partial charge in [0, 0.05) is 5.70 Å². The van der Waals surface area contributed by atoms with Crippen molar-refractivity contribution < 1.29 is 19.4 Å². The van der Waals surface area contributed by atoms with Gasteiger partial charge in [-0.25, -0.2) is 9.59 Å². The molecule has 0 amide bonds. The maximum Gasteiger partial charge on any atom is 0.336 e. The van der Waals surface area contributed by atoms with Gasteiger partial charge in [0.25, 0.3) is 5.56 Å². The number of ether oxygens (including phenoxy) is 2. The van der Waals surface area contributed by atoms with Gasteiger partial charge in [-0.2, -0.15) is 0 Å². The summed E-state index contributed by atoms with van der Waals surface area (Å²) < 4.78 is 10.3. The molecule has 1 aromatic heterocycles. The summed E-state index contributed by atoms with van der Waals surface area (Å²) in [5.74, 6) is -1.09. The van der Waals surface area contributed by atoms with Crippen molar-refractivity contribution in [1.82, 2.24) is 9.97 Å². The topological polar surface area (TPSA) is 134 Å². The van der Waals surface area contributed by atoms with E-state index in [0.717, 1.165) is 0 Å². The Hall–Kier alpha value is -3.49. The number of rotatable bonds is 4. The summed E-state index contributed by atoms with van der Waals surface area (Å²) in [5.41, 5.74) is 0.0403. The fourth-order valence-corrected chi connectivity index (χ4v) is 3.18. The van der Waals surface area contributed by atoms with Crippen LogP contribution in [0.1, 0.15) is 30.9 Å². The third kappa shape index (κ3) is 3.19. The Morgan fingerprint density at radius 2 is 2.00 bits per heavy atom. The van der Waals surface area contributed by atoms with Gasteiger partial charge >= 0.3 is 11.7 Å². The molecule has 142 valence electrons. The van der Waals surface area contributed by atoms with Gasteiger partial charge in [-0.3, -0.25) is 14.8 Å². The van der Waals surface area contributed by atoms with Crippen LogP contribution in [0.25, 0.3) is 0 Å². The minimum atomic E-state index is -0.825. The maximum atomic E-state index is 12.5. The second-order valence-electron chi connectivity index (χ2n) is 5.95. The second kappa shape index (κ2) is 7.02. The predicted molar refractivity (Wildman–Crippen MR) is 97.1 cm³/mol. The molecule has 0 radical (unpaired) electrons. The fourth-order valence-electron chi connectivity index (χ4n) is 3.18. The van der Waals surface area contributed by atoms with Crippen LogP contribution in [0.3, 0.4) is 0 Å². The number of aromatic amines is 2. The average Bonchev–Trinajstić information content (AvgIpc) is 2.61. The van der Waals surface area contributed by atoms with Crippen LogP contribution < -0.4 is 21.3 Å². The molecule has 1 aliphatic rings. The second-order valence-corrected chi connectivity index (χ2v) is 5.95. The van der Waals surface area contributed by atoms with E-state index in [1.54, 1.807) is 26.0 Å². The van der Waals surface area contributed by atoms with Gasteiger partial charge < -0.3 is 19.9 Å². The first-order valence-corrected chi connectivity index (χ1v) is 8.25. The van der Waals surface area contributed by atoms with E-state index in [1.807, 2.05) is 0 Å². The van der Waals surface area contributed by atoms with Crippen LogP contribution in [0, 0.1) is 0 Å². The minimum absolute atomic E-state index is 0.0644. The van der Waals surface area contributed by atoms with Crippen LogP contribution in [-0.2, 0) is 9.53 Å². The maximum absolute atomic E-state index is 12.5. The summed E-state index contributed by atoms with van der Waals surface area (Å²) in [7, 11) is 1.24. The Labute approximate surface area is 153 Å². The SMILES string of the molecule is CCOc1cc(C2C(C(=O)OC)=C(C)Nc3[nH]c(=O)[nH]c(=O)c32)ccc1O. The highest BCUT2D eigenvalue weighted by atomic mass is 16.5. The number of carbonyl (C=O) groups excluding carboxylic acids is 1. The first kappa shape index (κ1) is 18.3. The van der Waals surface area contributed by atoms with Gasteiger partial charge in [0.15, 0.2) is 11.5 Å². The normalized spacial score (nSPS) is 15.7. The van der Waals surface area contributed by atoms with Crippen molar-refractivity contribution in [3.05, 3.63) is 61.4 Å². The van der Waals surface area contributed by atoms with Crippen molar-refractivity contribution in [3.8, 4) is 11.5 Å². The molecular weight excluding hydrogens is 354 g/mol. The van der Waals surface area contributed by atoms with Crippen LogP contribution in [0.4, 0.5) is 5.82 Å². The number of nitrogens with one attached hydrogen (secondary N) is 3. The number of phenolic OH excluding ortho intramolecular Hbond substituents is 1. The number of carbonyl (C=O) groups is 1. The molecule has 0 fully saturated rings. The molecule has 3 rings (SSSR count). The summed E-state index contributed by atoms with van der Waals surface area (Å²) in [4.78, 5) is 41.4. The van der Waals surface area contributed by atoms with Crippen molar-refractivity contribution in [3.63, 3.8) is 0 Å². The van der Waals surface area contributed by atoms with Crippen LogP contribution in [-0.4, -0.2) is 34.8 Å². The Kier molecular flexibility index (Phi) is 4.76. The Balaban J connectivity index is 2.30. The van der Waals surface area contributed by atoms with Crippen LogP contribution in [0.5, 0.6) is 11.5 Å². The molecular formula is C18H19N3O6. The van der Waals surface area contributed by atoms with Crippen molar-refractivity contribution in [2.24, 2.45) is 0 Å². The summed E-state index contributed by atoms with van der Waals surface area (Å²) in [6, 6.07) is 4.56. The molecule has 0 saturated carbocycles. The highest BCUT2D eigenvalue weighted by molar-refractivity contribution is 5.94. The van der Waals surface area contributed by atoms with E-state index in [9.17, 15) is 19.5 Å². The molecule has 27 heavy (non-hydrogen) atoms. The van der Waals surface area contributed by atoms with E-state index < -0.39 is 23.1 Å². The first-order chi connectivity index (χ1) is 12.9. The minimum Gasteiger partial charge on any atom is -0.504 e. The highest BCUT2D eigenvalue weighted by Crippen LogP contribution is 2.41. The van der Waals surface area contributed by atoms with Crippen LogP contribution in [0.15, 0.2) is 39.1 Å². The van der Waals surface area contributed by atoms with E-state index in [2.05, 4.69) is 15.3 Å². The molecule has 4 N–H and O–H groups in total. The largest absolute Gasteiger partial charge is 0.504 e. The molecule has 0 saturated heterocycles. The quantitative estimate of drug-likeness (QED) is 0.591. The van der Waals surface area contributed by atoms with Crippen LogP contribution in [0.2, 0.25) is 0 Å². The number of benzene rings is 1. The van der Waals surface area contributed by atoms with E-state index in [0.29, 0.717) is 17.9 Å². The first-order valence-electron chi connectivity index (χ1n) is 8.25. The lowest BCUT2D eigenvalue weighted by Gasteiger charge is -2.28. The Morgan fingerprint density at radius 1 is 1.26 bits per heavy atom. The monoisotopic (exact) mass is 373 g/mol. The Bertz CT molecular complexity index is 1050. The molecule has 1 aromatic carbocycles. The molecule has 2 aromatic rings. The summed E-state index contributed by atoms with van der Waals surface area (Å²) in [5, 5.41) is 12.8. The van der Waals surface area contributed by atoms with Gasteiger partial charge in [-0.15, -0.1) is 0 Å². The fraction of sp³-hybridized carbons (Fsp3) is 0.278. The summed E-state index contributed by atoms with van der Waals surface area (Å²) in [6.07, 6.45) is 0. The third-order valence-electron chi connectivity index (χ3n) is 4.30. The van der Waals surface area contributed by atoms with E-state index in [-0.39, 0.29) is 28.5 Å². The van der Waals surface area contributed by atoms with E-state index in [1.165, 1.54) is 13.2 Å². The van der Waals surface area contributed by atoms with Crippen molar-refractivity contribution in [2.45, 2.75) is 19.8 Å². The molecule has 2 heterocycles. The average molecular weight is 373 g/mol. The van der Waals surface area contributed by atoms with Gasteiger partial charge in [0.05, 0.1) is 30.8 Å². The number of hydrogen-bond acceptors (Lipinski definition) is 7. The van der Waals surface area contributed by atoms with Gasteiger partial charge in [-0.1, -0.05) is 6.07 Å². The van der Waals surface area contributed by atoms with Gasteiger partial charge in [0.1, 0.15) is 5.82 Å². The number of hydrogen-bond donors (Lipinski definition) is 4. The number of fused-ring (bicyclic) bond motifs is 1. The van der Waals surface area contributed by atoms with E-state index >= 15 is 0 Å². The molecule has 0 aliphatic carbocycles. The zero-order chi connectivity index (χ0) is 19.7.